The van der Waals surface area contributed by atoms with Crippen molar-refractivity contribution >= 4 is 11.9 Å². The van der Waals surface area contributed by atoms with Crippen molar-refractivity contribution in [2.75, 3.05) is 14.2 Å². The van der Waals surface area contributed by atoms with Crippen LogP contribution in [0.15, 0.2) is 72.5 Å². The zero-order valence-electron chi connectivity index (χ0n) is 16.2. The molecule has 0 N–H and O–H groups in total. The van der Waals surface area contributed by atoms with Crippen molar-refractivity contribution in [1.29, 1.82) is 0 Å². The quantitative estimate of drug-likeness (QED) is 0.562. The van der Waals surface area contributed by atoms with E-state index in [1.807, 2.05) is 48.5 Å². The van der Waals surface area contributed by atoms with Gasteiger partial charge < -0.3 is 18.9 Å². The predicted octanol–water partition coefficient (Wildman–Crippen LogP) is 4.90. The highest BCUT2D eigenvalue weighted by molar-refractivity contribution is 6.14. The largest absolute Gasteiger partial charge is 0.497 e. The summed E-state index contributed by atoms with van der Waals surface area (Å²) in [4.78, 5) is 12.6. The van der Waals surface area contributed by atoms with Gasteiger partial charge in [-0.25, -0.2) is 0 Å². The highest BCUT2D eigenvalue weighted by Crippen LogP contribution is 2.35. The summed E-state index contributed by atoms with van der Waals surface area (Å²) >= 11 is 0. The number of rotatable bonds is 6. The average Bonchev–Trinajstić information content (AvgIpc) is 3.07. The minimum absolute atomic E-state index is 0.143. The second-order valence-electron chi connectivity index (χ2n) is 6.51. The van der Waals surface area contributed by atoms with Gasteiger partial charge in [0.25, 0.3) is 0 Å². The van der Waals surface area contributed by atoms with Gasteiger partial charge in [0.2, 0.25) is 5.78 Å². The van der Waals surface area contributed by atoms with E-state index in [1.165, 1.54) is 0 Å². The summed E-state index contributed by atoms with van der Waals surface area (Å²) in [5.74, 6) is 2.81. The third kappa shape index (κ3) is 4.09. The van der Waals surface area contributed by atoms with E-state index in [-0.39, 0.29) is 11.5 Å². The molecule has 4 rings (SSSR count). The van der Waals surface area contributed by atoms with Gasteiger partial charge in [0.1, 0.15) is 29.6 Å². The van der Waals surface area contributed by atoms with Gasteiger partial charge in [-0.1, -0.05) is 24.3 Å². The standard InChI is InChI=1S/C24H20O5/c1-26-18-8-6-16(7-9-18)13-23-24(25)21-11-10-20(14-22(21)29-23)28-15-17-4-3-5-19(12-17)27-2/h3-14H,15H2,1-2H3/b23-13-. The number of ketones is 1. The molecule has 0 fully saturated rings. The number of carbonyl (C=O) groups is 1. The van der Waals surface area contributed by atoms with Gasteiger partial charge in [0.15, 0.2) is 5.76 Å². The second kappa shape index (κ2) is 8.10. The minimum atomic E-state index is -0.143. The number of benzene rings is 3. The third-order valence-corrected chi connectivity index (χ3v) is 4.59. The summed E-state index contributed by atoms with van der Waals surface area (Å²) < 4.78 is 22.0. The summed E-state index contributed by atoms with van der Waals surface area (Å²) in [6.07, 6.45) is 1.72. The van der Waals surface area contributed by atoms with Crippen LogP contribution in [0.3, 0.4) is 0 Å². The monoisotopic (exact) mass is 388 g/mol. The van der Waals surface area contributed by atoms with E-state index in [1.54, 1.807) is 38.5 Å². The van der Waals surface area contributed by atoms with Crippen LogP contribution in [0.5, 0.6) is 23.0 Å². The molecule has 0 spiro atoms. The summed E-state index contributed by atoms with van der Waals surface area (Å²) in [6, 6.07) is 20.3. The van der Waals surface area contributed by atoms with E-state index >= 15 is 0 Å². The van der Waals surface area contributed by atoms with Crippen LogP contribution in [0, 0.1) is 0 Å². The van der Waals surface area contributed by atoms with Crippen molar-refractivity contribution in [3.63, 3.8) is 0 Å². The van der Waals surface area contributed by atoms with E-state index in [0.717, 1.165) is 22.6 Å². The molecule has 0 unspecified atom stereocenters. The molecular weight excluding hydrogens is 368 g/mol. The number of fused-ring (bicyclic) bond motifs is 1. The molecule has 1 heterocycles. The Balaban J connectivity index is 1.48. The van der Waals surface area contributed by atoms with Gasteiger partial charge in [-0.2, -0.15) is 0 Å². The molecule has 0 atom stereocenters. The Morgan fingerprint density at radius 2 is 1.62 bits per heavy atom. The Labute approximate surface area is 169 Å². The van der Waals surface area contributed by atoms with Crippen molar-refractivity contribution in [1.82, 2.24) is 0 Å². The number of allylic oxidation sites excluding steroid dienone is 1. The lowest BCUT2D eigenvalue weighted by Crippen LogP contribution is -1.98. The molecule has 1 aliphatic heterocycles. The lowest BCUT2D eigenvalue weighted by atomic mass is 10.1. The van der Waals surface area contributed by atoms with Gasteiger partial charge in [-0.3, -0.25) is 4.79 Å². The Morgan fingerprint density at radius 1 is 0.862 bits per heavy atom. The fourth-order valence-electron chi connectivity index (χ4n) is 3.04. The summed E-state index contributed by atoms with van der Waals surface area (Å²) in [7, 11) is 3.24. The minimum Gasteiger partial charge on any atom is -0.497 e. The Morgan fingerprint density at radius 3 is 2.38 bits per heavy atom. The van der Waals surface area contributed by atoms with Crippen LogP contribution in [0.4, 0.5) is 0 Å². The van der Waals surface area contributed by atoms with Gasteiger partial charge in [-0.15, -0.1) is 0 Å². The van der Waals surface area contributed by atoms with Crippen LogP contribution < -0.4 is 18.9 Å². The molecular formula is C24H20O5. The van der Waals surface area contributed by atoms with E-state index in [0.29, 0.717) is 23.7 Å². The molecule has 0 amide bonds. The molecule has 0 bridgehead atoms. The van der Waals surface area contributed by atoms with Crippen LogP contribution in [0.25, 0.3) is 6.08 Å². The summed E-state index contributed by atoms with van der Waals surface area (Å²) in [5.41, 5.74) is 2.37. The van der Waals surface area contributed by atoms with Gasteiger partial charge >= 0.3 is 0 Å². The second-order valence-corrected chi connectivity index (χ2v) is 6.51. The molecule has 5 heteroatoms. The van der Waals surface area contributed by atoms with Crippen molar-refractivity contribution in [2.45, 2.75) is 6.61 Å². The van der Waals surface area contributed by atoms with E-state index in [2.05, 4.69) is 0 Å². The number of hydrogen-bond donors (Lipinski definition) is 0. The van der Waals surface area contributed by atoms with Crippen molar-refractivity contribution in [3.05, 3.63) is 89.2 Å². The van der Waals surface area contributed by atoms with Gasteiger partial charge in [0.05, 0.1) is 19.8 Å². The summed E-state index contributed by atoms with van der Waals surface area (Å²) in [5, 5.41) is 0. The maximum atomic E-state index is 12.6. The molecule has 0 aliphatic carbocycles. The number of hydrogen-bond acceptors (Lipinski definition) is 5. The van der Waals surface area contributed by atoms with Crippen LogP contribution in [-0.2, 0) is 6.61 Å². The number of Topliss-reactive ketones (excluding diaryl/α,β-unsaturated/α-hetero) is 1. The maximum absolute atomic E-state index is 12.6. The Bertz CT molecular complexity index is 1070. The SMILES string of the molecule is COc1ccc(/C=C2\Oc3cc(OCc4cccc(OC)c4)ccc3C2=O)cc1. The van der Waals surface area contributed by atoms with E-state index in [9.17, 15) is 4.79 Å². The van der Waals surface area contributed by atoms with Crippen LogP contribution in [-0.4, -0.2) is 20.0 Å². The molecule has 0 saturated carbocycles. The third-order valence-electron chi connectivity index (χ3n) is 4.59. The normalized spacial score (nSPS) is 13.7. The highest BCUT2D eigenvalue weighted by Gasteiger charge is 2.27. The molecule has 0 aromatic heterocycles. The maximum Gasteiger partial charge on any atom is 0.231 e. The number of carbonyl (C=O) groups excluding carboxylic acids is 1. The summed E-state index contributed by atoms with van der Waals surface area (Å²) in [6.45, 7) is 0.387. The van der Waals surface area contributed by atoms with Crippen LogP contribution in [0.2, 0.25) is 0 Å². The van der Waals surface area contributed by atoms with Gasteiger partial charge in [-0.05, 0) is 53.6 Å². The molecule has 1 aliphatic rings. The number of methoxy groups -OCH3 is 2. The molecule has 5 nitrogen and oxygen atoms in total. The van der Waals surface area contributed by atoms with Crippen molar-refractivity contribution < 1.29 is 23.7 Å². The van der Waals surface area contributed by atoms with Gasteiger partial charge in [0, 0.05) is 6.07 Å². The smallest absolute Gasteiger partial charge is 0.231 e. The Hall–Kier alpha value is -3.73. The molecule has 0 radical (unpaired) electrons. The van der Waals surface area contributed by atoms with Crippen molar-refractivity contribution in [3.8, 4) is 23.0 Å². The average molecular weight is 388 g/mol. The molecule has 3 aromatic carbocycles. The van der Waals surface area contributed by atoms with Crippen LogP contribution in [0.1, 0.15) is 21.5 Å². The van der Waals surface area contributed by atoms with Crippen molar-refractivity contribution in [2.24, 2.45) is 0 Å². The lowest BCUT2D eigenvalue weighted by Gasteiger charge is -2.08. The Kier molecular flexibility index (Phi) is 5.20. The van der Waals surface area contributed by atoms with E-state index < -0.39 is 0 Å². The fraction of sp³-hybridized carbons (Fsp3) is 0.125. The van der Waals surface area contributed by atoms with Crippen LogP contribution >= 0.6 is 0 Å². The lowest BCUT2D eigenvalue weighted by molar-refractivity contribution is 0.101. The molecule has 0 saturated heterocycles. The molecule has 29 heavy (non-hydrogen) atoms. The predicted molar refractivity (Wildman–Crippen MR) is 110 cm³/mol. The molecule has 146 valence electrons. The highest BCUT2D eigenvalue weighted by atomic mass is 16.5. The zero-order chi connectivity index (χ0) is 20.2. The first-order valence-electron chi connectivity index (χ1n) is 9.14. The topological polar surface area (TPSA) is 54.0 Å². The zero-order valence-corrected chi connectivity index (χ0v) is 16.2. The first-order valence-corrected chi connectivity index (χ1v) is 9.14. The first-order chi connectivity index (χ1) is 14.2. The first kappa shape index (κ1) is 18.6. The fourth-order valence-corrected chi connectivity index (χ4v) is 3.04. The molecule has 3 aromatic rings. The number of ether oxygens (including phenoxy) is 4. The van der Waals surface area contributed by atoms with E-state index in [4.69, 9.17) is 18.9 Å².